The molecule has 3 rings (SSSR count). The second-order valence-corrected chi connectivity index (χ2v) is 7.26. The van der Waals surface area contributed by atoms with Gasteiger partial charge in [0.25, 0.3) is 0 Å². The zero-order chi connectivity index (χ0) is 18.9. The highest BCUT2D eigenvalue weighted by atomic mass is 127. The van der Waals surface area contributed by atoms with Gasteiger partial charge in [-0.05, 0) is 57.8 Å². The molecule has 8 heteroatoms. The second kappa shape index (κ2) is 12.3. The molecule has 2 aliphatic heterocycles. The van der Waals surface area contributed by atoms with Crippen molar-refractivity contribution in [1.29, 1.82) is 0 Å². The van der Waals surface area contributed by atoms with E-state index in [-0.39, 0.29) is 35.9 Å². The summed E-state index contributed by atoms with van der Waals surface area (Å²) in [5, 5.41) is 6.59. The smallest absolute Gasteiger partial charge is 0.224 e. The molecule has 0 saturated carbocycles. The van der Waals surface area contributed by atoms with E-state index in [0.717, 1.165) is 57.3 Å². The zero-order valence-corrected chi connectivity index (χ0v) is 19.2. The molecule has 7 nitrogen and oxygen atoms in total. The van der Waals surface area contributed by atoms with E-state index in [2.05, 4.69) is 22.5 Å². The minimum Gasteiger partial charge on any atom is -0.468 e. The lowest BCUT2D eigenvalue weighted by atomic mass is 10.2. The Balaban J connectivity index is 0.00000280. The number of halogens is 1. The Bertz CT molecular complexity index is 596. The first-order valence-corrected chi connectivity index (χ1v) is 10.4. The molecule has 0 radical (unpaired) electrons. The Morgan fingerprint density at radius 3 is 2.54 bits per heavy atom. The normalized spacial score (nSPS) is 18.8. The van der Waals surface area contributed by atoms with Gasteiger partial charge in [-0.15, -0.1) is 24.0 Å². The van der Waals surface area contributed by atoms with Crippen LogP contribution in [0.3, 0.4) is 0 Å². The topological polar surface area (TPSA) is 73.1 Å². The quantitative estimate of drug-likeness (QED) is 0.324. The first-order valence-electron chi connectivity index (χ1n) is 10.4. The monoisotopic (exact) mass is 503 g/mol. The SMILES string of the molecule is CCNC(=NCC(c1ccco1)N1CCCC1)NCCC(=O)N1CCCC1.I. The maximum Gasteiger partial charge on any atom is 0.224 e. The number of rotatable bonds is 8. The van der Waals surface area contributed by atoms with E-state index in [1.165, 1.54) is 12.8 Å². The molecule has 1 atom stereocenters. The number of carbonyl (C=O) groups excluding carboxylic acids is 1. The molecular formula is C20H34IN5O2. The highest BCUT2D eigenvalue weighted by Gasteiger charge is 2.25. The lowest BCUT2D eigenvalue weighted by Gasteiger charge is -2.24. The van der Waals surface area contributed by atoms with Crippen molar-refractivity contribution in [2.24, 2.45) is 4.99 Å². The molecule has 158 valence electrons. The standard InChI is InChI=1S/C20H33N5O2.HI/c1-2-21-20(22-10-9-19(26)25-13-5-6-14-25)23-16-17(18-8-7-15-27-18)24-11-3-4-12-24;/h7-8,15,17H,2-6,9-14,16H2,1H3,(H2,21,22,23);1H. The summed E-state index contributed by atoms with van der Waals surface area (Å²) >= 11 is 0. The number of hydrogen-bond donors (Lipinski definition) is 2. The molecule has 28 heavy (non-hydrogen) atoms. The highest BCUT2D eigenvalue weighted by Crippen LogP contribution is 2.25. The number of carbonyl (C=O) groups is 1. The zero-order valence-electron chi connectivity index (χ0n) is 16.9. The summed E-state index contributed by atoms with van der Waals surface area (Å²) in [6.07, 6.45) is 6.98. The highest BCUT2D eigenvalue weighted by molar-refractivity contribution is 14.0. The van der Waals surface area contributed by atoms with Crippen molar-refractivity contribution in [3.63, 3.8) is 0 Å². The van der Waals surface area contributed by atoms with Gasteiger partial charge in [-0.1, -0.05) is 0 Å². The Kier molecular flexibility index (Phi) is 10.1. The van der Waals surface area contributed by atoms with E-state index < -0.39 is 0 Å². The van der Waals surface area contributed by atoms with Crippen LogP contribution in [0.15, 0.2) is 27.8 Å². The van der Waals surface area contributed by atoms with Crippen LogP contribution in [0.1, 0.15) is 50.8 Å². The first-order chi connectivity index (χ1) is 13.3. The summed E-state index contributed by atoms with van der Waals surface area (Å²) in [7, 11) is 0. The van der Waals surface area contributed by atoms with E-state index >= 15 is 0 Å². The van der Waals surface area contributed by atoms with E-state index in [1.807, 2.05) is 17.0 Å². The number of guanidine groups is 1. The number of amides is 1. The van der Waals surface area contributed by atoms with Gasteiger partial charge in [-0.3, -0.25) is 14.7 Å². The molecule has 3 heterocycles. The number of nitrogens with zero attached hydrogens (tertiary/aromatic N) is 3. The predicted octanol–water partition coefficient (Wildman–Crippen LogP) is 2.60. The minimum atomic E-state index is 0. The van der Waals surface area contributed by atoms with Gasteiger partial charge in [0.1, 0.15) is 5.76 Å². The van der Waals surface area contributed by atoms with Gasteiger partial charge >= 0.3 is 0 Å². The molecule has 2 saturated heterocycles. The molecule has 0 aromatic carbocycles. The van der Waals surface area contributed by atoms with E-state index in [9.17, 15) is 4.79 Å². The Hall–Kier alpha value is -1.29. The third-order valence-corrected chi connectivity index (χ3v) is 5.31. The van der Waals surface area contributed by atoms with Crippen molar-refractivity contribution in [1.82, 2.24) is 20.4 Å². The van der Waals surface area contributed by atoms with Crippen LogP contribution in [0.2, 0.25) is 0 Å². The van der Waals surface area contributed by atoms with Crippen LogP contribution in [0.25, 0.3) is 0 Å². The summed E-state index contributed by atoms with van der Waals surface area (Å²) in [6.45, 7) is 8.10. The molecule has 0 aliphatic carbocycles. The van der Waals surface area contributed by atoms with Gasteiger partial charge in [0.05, 0.1) is 18.8 Å². The maximum absolute atomic E-state index is 12.2. The molecule has 1 unspecified atom stereocenters. The fraction of sp³-hybridized carbons (Fsp3) is 0.700. The number of likely N-dealkylation sites (tertiary alicyclic amines) is 2. The van der Waals surface area contributed by atoms with Crippen molar-refractivity contribution in [3.05, 3.63) is 24.2 Å². The predicted molar refractivity (Wildman–Crippen MR) is 122 cm³/mol. The molecule has 0 bridgehead atoms. The molecule has 2 N–H and O–H groups in total. The molecule has 0 spiro atoms. The van der Waals surface area contributed by atoms with Crippen molar-refractivity contribution in [3.8, 4) is 0 Å². The Morgan fingerprint density at radius 1 is 1.18 bits per heavy atom. The van der Waals surface area contributed by atoms with E-state index in [4.69, 9.17) is 9.41 Å². The van der Waals surface area contributed by atoms with Crippen molar-refractivity contribution in [2.45, 2.75) is 45.1 Å². The van der Waals surface area contributed by atoms with Gasteiger partial charge < -0.3 is 20.0 Å². The lowest BCUT2D eigenvalue weighted by molar-refractivity contribution is -0.129. The van der Waals surface area contributed by atoms with Crippen molar-refractivity contribution < 1.29 is 9.21 Å². The summed E-state index contributed by atoms with van der Waals surface area (Å²) in [5.74, 6) is 1.98. The van der Waals surface area contributed by atoms with Crippen LogP contribution < -0.4 is 10.6 Å². The molecular weight excluding hydrogens is 469 g/mol. The number of furan rings is 1. The number of hydrogen-bond acceptors (Lipinski definition) is 4. The molecule has 2 fully saturated rings. The van der Waals surface area contributed by atoms with Gasteiger partial charge in [-0.25, -0.2) is 0 Å². The van der Waals surface area contributed by atoms with Crippen LogP contribution in [0, 0.1) is 0 Å². The largest absolute Gasteiger partial charge is 0.468 e. The summed E-state index contributed by atoms with van der Waals surface area (Å²) in [6, 6.07) is 4.15. The summed E-state index contributed by atoms with van der Waals surface area (Å²) in [4.78, 5) is 21.4. The van der Waals surface area contributed by atoms with Crippen LogP contribution >= 0.6 is 24.0 Å². The average molecular weight is 503 g/mol. The Labute approximate surface area is 185 Å². The van der Waals surface area contributed by atoms with Crippen molar-refractivity contribution in [2.75, 3.05) is 45.8 Å². The van der Waals surface area contributed by atoms with Crippen molar-refractivity contribution >= 4 is 35.8 Å². The second-order valence-electron chi connectivity index (χ2n) is 7.26. The van der Waals surface area contributed by atoms with Gasteiger partial charge in [0.2, 0.25) is 5.91 Å². The third-order valence-electron chi connectivity index (χ3n) is 5.31. The summed E-state index contributed by atoms with van der Waals surface area (Å²) < 4.78 is 5.67. The minimum absolute atomic E-state index is 0. The first kappa shape index (κ1) is 23.0. The van der Waals surface area contributed by atoms with Gasteiger partial charge in [-0.2, -0.15) is 0 Å². The third kappa shape index (κ3) is 6.65. The van der Waals surface area contributed by atoms with Crippen LogP contribution in [0.5, 0.6) is 0 Å². The molecule has 1 aromatic heterocycles. The molecule has 1 amide bonds. The fourth-order valence-corrected chi connectivity index (χ4v) is 3.85. The average Bonchev–Trinajstić information content (AvgIpc) is 3.44. The van der Waals surface area contributed by atoms with E-state index in [1.54, 1.807) is 6.26 Å². The Morgan fingerprint density at radius 2 is 1.89 bits per heavy atom. The van der Waals surface area contributed by atoms with Gasteiger partial charge in [0, 0.05) is 32.6 Å². The van der Waals surface area contributed by atoms with E-state index in [0.29, 0.717) is 19.5 Å². The number of aliphatic imine (C=N–C) groups is 1. The number of nitrogens with one attached hydrogen (secondary N) is 2. The van der Waals surface area contributed by atoms with Crippen LogP contribution in [0.4, 0.5) is 0 Å². The molecule has 2 aliphatic rings. The lowest BCUT2D eigenvalue weighted by Crippen LogP contribution is -2.40. The van der Waals surface area contributed by atoms with Crippen LogP contribution in [-0.2, 0) is 4.79 Å². The summed E-state index contributed by atoms with van der Waals surface area (Å²) in [5.41, 5.74) is 0. The molecule has 1 aromatic rings. The maximum atomic E-state index is 12.2. The van der Waals surface area contributed by atoms with Gasteiger partial charge in [0.15, 0.2) is 5.96 Å². The fourth-order valence-electron chi connectivity index (χ4n) is 3.85. The van der Waals surface area contributed by atoms with Crippen LogP contribution in [-0.4, -0.2) is 67.5 Å².